The molecule has 2 aromatic rings. The Bertz CT molecular complexity index is 878. The summed E-state index contributed by atoms with van der Waals surface area (Å²) < 4.78 is 17.7. The van der Waals surface area contributed by atoms with Crippen LogP contribution in [0.15, 0.2) is 30.3 Å². The van der Waals surface area contributed by atoms with Crippen molar-refractivity contribution in [1.82, 2.24) is 0 Å². The summed E-state index contributed by atoms with van der Waals surface area (Å²) in [6.07, 6.45) is -4.51. The molecule has 170 valence electrons. The Labute approximate surface area is 189 Å². The summed E-state index contributed by atoms with van der Waals surface area (Å²) in [5.41, 5.74) is 1.61. The smallest absolute Gasteiger partial charge is 0.132 e. The minimum absolute atomic E-state index is 0.293. The molecule has 0 bridgehead atoms. The van der Waals surface area contributed by atoms with Gasteiger partial charge in [0.15, 0.2) is 0 Å². The number of halogens is 1. The van der Waals surface area contributed by atoms with Crippen molar-refractivity contribution < 1.29 is 34.6 Å². The van der Waals surface area contributed by atoms with Crippen molar-refractivity contribution in [1.29, 1.82) is 0 Å². The number of aliphatic hydroxyl groups excluding tert-OH is 4. The van der Waals surface area contributed by atoms with Gasteiger partial charge in [0.05, 0.1) is 24.2 Å². The van der Waals surface area contributed by atoms with Crippen LogP contribution in [0.5, 0.6) is 5.75 Å². The molecule has 3 heterocycles. The van der Waals surface area contributed by atoms with Gasteiger partial charge >= 0.3 is 0 Å². The van der Waals surface area contributed by atoms with Crippen molar-refractivity contribution in [2.75, 3.05) is 19.8 Å². The van der Waals surface area contributed by atoms with E-state index in [1.165, 1.54) is 11.3 Å². The molecule has 2 aliphatic heterocycles. The number of ether oxygens (including phenoxy) is 3. The third-order valence-electron chi connectivity index (χ3n) is 5.81. The van der Waals surface area contributed by atoms with Crippen LogP contribution in [0, 0.1) is 0 Å². The van der Waals surface area contributed by atoms with Gasteiger partial charge in [-0.1, -0.05) is 23.7 Å². The molecule has 2 saturated heterocycles. The van der Waals surface area contributed by atoms with Crippen molar-refractivity contribution in [3.63, 3.8) is 0 Å². The summed E-state index contributed by atoms with van der Waals surface area (Å²) in [4.78, 5) is 0.631. The van der Waals surface area contributed by atoms with Crippen LogP contribution in [0.3, 0.4) is 0 Å². The number of hydrogen-bond donors (Lipinski definition) is 4. The minimum Gasteiger partial charge on any atom is -0.485 e. The highest BCUT2D eigenvalue weighted by molar-refractivity contribution is 7.16. The molecule has 0 aliphatic carbocycles. The number of hydrogen-bond acceptors (Lipinski definition) is 8. The summed E-state index contributed by atoms with van der Waals surface area (Å²) in [6, 6.07) is 9.66. The Morgan fingerprint density at radius 3 is 2.55 bits per heavy atom. The lowest BCUT2D eigenvalue weighted by molar-refractivity contribution is -0.230. The first-order valence-electron chi connectivity index (χ1n) is 10.2. The highest BCUT2D eigenvalue weighted by Gasteiger charge is 2.44. The lowest BCUT2D eigenvalue weighted by Gasteiger charge is -2.39. The van der Waals surface area contributed by atoms with Gasteiger partial charge in [-0.3, -0.25) is 0 Å². The average Bonchev–Trinajstić information content (AvgIpc) is 3.34. The maximum atomic E-state index is 10.4. The molecule has 31 heavy (non-hydrogen) atoms. The second-order valence-corrected chi connectivity index (χ2v) is 10.1. The first-order chi connectivity index (χ1) is 14.8. The van der Waals surface area contributed by atoms with Crippen molar-refractivity contribution in [3.8, 4) is 5.75 Å². The number of rotatable bonds is 6. The first-order valence-corrected chi connectivity index (χ1v) is 11.4. The maximum Gasteiger partial charge on any atom is 0.132 e. The average molecular weight is 471 g/mol. The quantitative estimate of drug-likeness (QED) is 0.511. The fourth-order valence-corrected chi connectivity index (χ4v) is 5.30. The maximum absolute atomic E-state index is 10.4. The van der Waals surface area contributed by atoms with E-state index in [9.17, 15) is 20.4 Å². The van der Waals surface area contributed by atoms with E-state index in [2.05, 4.69) is 0 Å². The van der Waals surface area contributed by atoms with Gasteiger partial charge in [0.25, 0.3) is 0 Å². The van der Waals surface area contributed by atoms with Crippen LogP contribution in [0.4, 0.5) is 0 Å². The van der Waals surface area contributed by atoms with Gasteiger partial charge < -0.3 is 34.6 Å². The SMILES string of the molecule is CC1(Oc2ccc(Cc3cc([C@@H]4O[C@H](CO)[C@@H](O)[C@H](O)[C@H]4O)sc3Cl)cc2)CCOC1. The van der Waals surface area contributed by atoms with Gasteiger partial charge in [0.2, 0.25) is 0 Å². The van der Waals surface area contributed by atoms with Gasteiger partial charge in [-0.15, -0.1) is 11.3 Å². The first kappa shape index (κ1) is 22.9. The summed E-state index contributed by atoms with van der Waals surface area (Å²) >= 11 is 7.69. The molecule has 2 aliphatic rings. The van der Waals surface area contributed by atoms with E-state index in [0.717, 1.165) is 23.3 Å². The lowest BCUT2D eigenvalue weighted by Crippen LogP contribution is -2.55. The van der Waals surface area contributed by atoms with Gasteiger partial charge in [-0.05, 0) is 42.7 Å². The fraction of sp³-hybridized carbons (Fsp3) is 0.545. The molecule has 7 nitrogen and oxygen atoms in total. The van der Waals surface area contributed by atoms with Gasteiger partial charge in [0, 0.05) is 11.3 Å². The van der Waals surface area contributed by atoms with Crippen molar-refractivity contribution in [2.24, 2.45) is 0 Å². The Balaban J connectivity index is 1.45. The molecule has 0 spiro atoms. The van der Waals surface area contributed by atoms with Crippen molar-refractivity contribution in [3.05, 3.63) is 50.7 Å². The predicted octanol–water partition coefficient (Wildman–Crippen LogP) is 2.06. The molecule has 1 unspecified atom stereocenters. The van der Waals surface area contributed by atoms with Crippen LogP contribution < -0.4 is 4.74 Å². The molecule has 1 aromatic heterocycles. The molecule has 0 saturated carbocycles. The summed E-state index contributed by atoms with van der Waals surface area (Å²) in [6.45, 7) is 2.87. The number of thiophene rings is 1. The summed E-state index contributed by atoms with van der Waals surface area (Å²) in [5.74, 6) is 0.787. The third kappa shape index (κ3) is 4.91. The van der Waals surface area contributed by atoms with E-state index in [0.29, 0.717) is 28.8 Å². The van der Waals surface area contributed by atoms with Gasteiger partial charge in [0.1, 0.15) is 41.9 Å². The summed E-state index contributed by atoms with van der Waals surface area (Å²) in [7, 11) is 0. The van der Waals surface area contributed by atoms with Crippen LogP contribution in [-0.4, -0.2) is 70.3 Å². The van der Waals surface area contributed by atoms with E-state index in [1.54, 1.807) is 0 Å². The molecular formula is C22H27ClO7S. The van der Waals surface area contributed by atoms with Crippen LogP contribution in [0.25, 0.3) is 0 Å². The van der Waals surface area contributed by atoms with E-state index in [-0.39, 0.29) is 5.60 Å². The second-order valence-electron chi connectivity index (χ2n) is 8.37. The van der Waals surface area contributed by atoms with E-state index in [1.807, 2.05) is 37.3 Å². The van der Waals surface area contributed by atoms with Crippen LogP contribution in [-0.2, 0) is 15.9 Å². The lowest BCUT2D eigenvalue weighted by atomic mass is 9.94. The molecule has 9 heteroatoms. The van der Waals surface area contributed by atoms with Crippen molar-refractivity contribution in [2.45, 2.75) is 55.9 Å². The molecule has 2 fully saturated rings. The van der Waals surface area contributed by atoms with Crippen LogP contribution in [0.2, 0.25) is 4.34 Å². The fourth-order valence-electron chi connectivity index (χ4n) is 3.93. The summed E-state index contributed by atoms with van der Waals surface area (Å²) in [5, 5.41) is 39.8. The van der Waals surface area contributed by atoms with E-state index < -0.39 is 37.1 Å². The van der Waals surface area contributed by atoms with E-state index in [4.69, 9.17) is 25.8 Å². The molecule has 0 amide bonds. The molecule has 4 rings (SSSR count). The molecule has 4 N–H and O–H groups in total. The molecule has 0 radical (unpaired) electrons. The van der Waals surface area contributed by atoms with Gasteiger partial charge in [-0.25, -0.2) is 0 Å². The van der Waals surface area contributed by atoms with Crippen molar-refractivity contribution >= 4 is 22.9 Å². The van der Waals surface area contributed by atoms with Crippen LogP contribution >= 0.6 is 22.9 Å². The predicted molar refractivity (Wildman–Crippen MR) is 116 cm³/mol. The normalized spacial score (nSPS) is 33.5. The Morgan fingerprint density at radius 2 is 1.90 bits per heavy atom. The standard InChI is InChI=1S/C22H27ClO7S/c1-22(6-7-28-11-22)30-14-4-2-12(3-5-14)8-13-9-16(31-21(13)23)20-19(27)18(26)17(25)15(10-24)29-20/h2-5,9,15,17-20,24-27H,6-8,10-11H2,1H3/t15-,17-,18+,19-,20+,22?/m1/s1. The van der Waals surface area contributed by atoms with Crippen LogP contribution in [0.1, 0.15) is 35.5 Å². The zero-order valence-electron chi connectivity index (χ0n) is 17.1. The Hall–Kier alpha value is -1.23. The zero-order chi connectivity index (χ0) is 22.2. The Morgan fingerprint density at radius 1 is 1.16 bits per heavy atom. The molecule has 6 atom stereocenters. The highest BCUT2D eigenvalue weighted by Crippen LogP contribution is 2.40. The topological polar surface area (TPSA) is 109 Å². The zero-order valence-corrected chi connectivity index (χ0v) is 18.7. The second kappa shape index (κ2) is 9.33. The molecule has 1 aromatic carbocycles. The number of aliphatic hydroxyl groups is 4. The monoisotopic (exact) mass is 470 g/mol. The number of benzene rings is 1. The third-order valence-corrected chi connectivity index (χ3v) is 7.32. The largest absolute Gasteiger partial charge is 0.485 e. The highest BCUT2D eigenvalue weighted by atomic mass is 35.5. The minimum atomic E-state index is -1.42. The Kier molecular flexibility index (Phi) is 6.90. The molecular weight excluding hydrogens is 444 g/mol. The van der Waals surface area contributed by atoms with E-state index >= 15 is 0 Å². The van der Waals surface area contributed by atoms with Gasteiger partial charge in [-0.2, -0.15) is 0 Å².